The first-order valence-corrected chi connectivity index (χ1v) is 11.4. The summed E-state index contributed by atoms with van der Waals surface area (Å²) in [6.07, 6.45) is 2.47. The number of rotatable bonds is 8. The molecule has 0 saturated carbocycles. The van der Waals surface area contributed by atoms with Crippen molar-refractivity contribution in [3.8, 4) is 0 Å². The minimum Gasteiger partial charge on any atom is -0.396 e. The summed E-state index contributed by atoms with van der Waals surface area (Å²) in [6, 6.07) is 6.23. The second kappa shape index (κ2) is 11.2. The van der Waals surface area contributed by atoms with Gasteiger partial charge >= 0.3 is 0 Å². The molecule has 10 nitrogen and oxygen atoms in total. The molecule has 4 amide bonds. The maximum atomic E-state index is 13.3. The van der Waals surface area contributed by atoms with Crippen molar-refractivity contribution < 1.29 is 24.3 Å². The summed E-state index contributed by atoms with van der Waals surface area (Å²) >= 11 is 0. The number of hydrogen-bond acceptors (Lipinski definition) is 6. The highest BCUT2D eigenvalue weighted by Gasteiger charge is 2.46. The van der Waals surface area contributed by atoms with E-state index >= 15 is 0 Å². The van der Waals surface area contributed by atoms with E-state index in [0.717, 1.165) is 0 Å². The predicted octanol–water partition coefficient (Wildman–Crippen LogP) is -0.815. The third-order valence-corrected chi connectivity index (χ3v) is 6.44. The van der Waals surface area contributed by atoms with E-state index in [-0.39, 0.29) is 43.5 Å². The van der Waals surface area contributed by atoms with Crippen molar-refractivity contribution in [1.82, 2.24) is 20.9 Å². The van der Waals surface area contributed by atoms with Gasteiger partial charge in [0.25, 0.3) is 0 Å². The SMILES string of the molecule is CC(=O)NCCNC(=O)[C@@H](NC(=O)[C@@H]1CC[C@@H]2CC[C@H](CO)[C@H](N)C(=O)N21)c1ccccc1. The molecule has 5 atom stereocenters. The Hall–Kier alpha value is -2.98. The summed E-state index contributed by atoms with van der Waals surface area (Å²) in [5.41, 5.74) is 6.71. The molecule has 2 fully saturated rings. The van der Waals surface area contributed by atoms with Crippen molar-refractivity contribution >= 4 is 23.6 Å². The Kier molecular flexibility index (Phi) is 8.40. The Labute approximate surface area is 193 Å². The van der Waals surface area contributed by atoms with Crippen LogP contribution in [0.2, 0.25) is 0 Å². The first-order chi connectivity index (χ1) is 15.8. The van der Waals surface area contributed by atoms with Crippen molar-refractivity contribution in [1.29, 1.82) is 0 Å². The lowest BCUT2D eigenvalue weighted by atomic mass is 9.95. The average Bonchev–Trinajstić information content (AvgIpc) is 3.19. The molecule has 0 spiro atoms. The molecule has 10 heteroatoms. The zero-order valence-electron chi connectivity index (χ0n) is 18.8. The van der Waals surface area contributed by atoms with E-state index in [9.17, 15) is 24.3 Å². The van der Waals surface area contributed by atoms with Crippen LogP contribution in [0.3, 0.4) is 0 Å². The van der Waals surface area contributed by atoms with Crippen LogP contribution in [0.4, 0.5) is 0 Å². The number of fused-ring (bicyclic) bond motifs is 1. The molecule has 0 radical (unpaired) electrons. The molecule has 0 aliphatic carbocycles. The van der Waals surface area contributed by atoms with Gasteiger partial charge in [0.1, 0.15) is 12.1 Å². The fourth-order valence-electron chi connectivity index (χ4n) is 4.63. The van der Waals surface area contributed by atoms with Gasteiger partial charge in [-0.25, -0.2) is 0 Å². The zero-order chi connectivity index (χ0) is 24.0. The molecule has 33 heavy (non-hydrogen) atoms. The fraction of sp³-hybridized carbons (Fsp3) is 0.565. The topological polar surface area (TPSA) is 154 Å². The third-order valence-electron chi connectivity index (χ3n) is 6.44. The first kappa shape index (κ1) is 24.7. The average molecular weight is 460 g/mol. The maximum absolute atomic E-state index is 13.3. The molecule has 2 aliphatic rings. The molecular formula is C23H33N5O5. The van der Waals surface area contributed by atoms with Gasteiger partial charge in [0, 0.05) is 38.6 Å². The van der Waals surface area contributed by atoms with Gasteiger partial charge in [-0.3, -0.25) is 19.2 Å². The molecular weight excluding hydrogens is 426 g/mol. The lowest BCUT2D eigenvalue weighted by molar-refractivity contribution is -0.142. The van der Waals surface area contributed by atoms with Crippen LogP contribution in [-0.4, -0.2) is 71.5 Å². The first-order valence-electron chi connectivity index (χ1n) is 11.4. The quantitative estimate of drug-likeness (QED) is 0.320. The van der Waals surface area contributed by atoms with Crippen LogP contribution < -0.4 is 21.7 Å². The highest BCUT2D eigenvalue weighted by atomic mass is 16.3. The van der Waals surface area contributed by atoms with Crippen LogP contribution in [0.1, 0.15) is 44.2 Å². The van der Waals surface area contributed by atoms with Gasteiger partial charge in [-0.15, -0.1) is 0 Å². The van der Waals surface area contributed by atoms with Gasteiger partial charge in [-0.2, -0.15) is 0 Å². The number of nitrogens with one attached hydrogen (secondary N) is 3. The summed E-state index contributed by atoms with van der Waals surface area (Å²) < 4.78 is 0. The largest absolute Gasteiger partial charge is 0.396 e. The normalized spacial score (nSPS) is 25.5. The van der Waals surface area contributed by atoms with Crippen LogP contribution in [0.15, 0.2) is 30.3 Å². The molecule has 1 aromatic rings. The van der Waals surface area contributed by atoms with E-state index in [1.54, 1.807) is 29.2 Å². The number of nitrogens with zero attached hydrogens (tertiary/aromatic N) is 1. The molecule has 0 aromatic heterocycles. The van der Waals surface area contributed by atoms with Gasteiger partial charge in [-0.1, -0.05) is 30.3 Å². The second-order valence-corrected chi connectivity index (χ2v) is 8.66. The number of hydrogen-bond donors (Lipinski definition) is 5. The van der Waals surface area contributed by atoms with E-state index in [0.29, 0.717) is 31.2 Å². The van der Waals surface area contributed by atoms with Crippen molar-refractivity contribution in [2.24, 2.45) is 11.7 Å². The number of carbonyl (C=O) groups is 4. The molecule has 2 saturated heterocycles. The molecule has 2 heterocycles. The van der Waals surface area contributed by atoms with Gasteiger partial charge in [0.2, 0.25) is 23.6 Å². The van der Waals surface area contributed by atoms with Crippen LogP contribution in [0.25, 0.3) is 0 Å². The molecule has 2 aliphatic heterocycles. The summed E-state index contributed by atoms with van der Waals surface area (Å²) in [6.45, 7) is 1.71. The molecule has 0 bridgehead atoms. The molecule has 6 N–H and O–H groups in total. The van der Waals surface area contributed by atoms with Crippen LogP contribution in [-0.2, 0) is 19.2 Å². The summed E-state index contributed by atoms with van der Waals surface area (Å²) in [5.74, 6) is -1.67. The maximum Gasteiger partial charge on any atom is 0.247 e. The standard InChI is InChI=1S/C23H33N5O5/c1-14(30)25-11-12-26-22(32)20(15-5-3-2-4-6-15)27-21(31)18-10-9-17-8-7-16(13-29)19(24)23(33)28(17)18/h2-6,16-20,29H,7-13,24H2,1H3,(H,25,30)(H,26,32)(H,27,31)/t16-,17+,18+,19+,20+/m1/s1. The van der Waals surface area contributed by atoms with Gasteiger partial charge in [-0.05, 0) is 31.2 Å². The van der Waals surface area contributed by atoms with Crippen LogP contribution in [0, 0.1) is 5.92 Å². The lowest BCUT2D eigenvalue weighted by Gasteiger charge is -2.31. The van der Waals surface area contributed by atoms with Gasteiger partial charge < -0.3 is 31.7 Å². The van der Waals surface area contributed by atoms with Gasteiger partial charge in [0.05, 0.1) is 6.04 Å². The number of carbonyl (C=O) groups excluding carboxylic acids is 4. The minimum atomic E-state index is -0.948. The van der Waals surface area contributed by atoms with E-state index in [1.807, 2.05) is 6.07 Å². The van der Waals surface area contributed by atoms with Crippen molar-refractivity contribution in [2.75, 3.05) is 19.7 Å². The van der Waals surface area contributed by atoms with Crippen LogP contribution >= 0.6 is 0 Å². The number of amides is 4. The predicted molar refractivity (Wildman–Crippen MR) is 120 cm³/mol. The van der Waals surface area contributed by atoms with E-state index < -0.39 is 29.9 Å². The summed E-state index contributed by atoms with van der Waals surface area (Å²) in [5, 5.41) is 17.7. The second-order valence-electron chi connectivity index (χ2n) is 8.66. The Bertz CT molecular complexity index is 864. The highest BCUT2D eigenvalue weighted by molar-refractivity contribution is 5.94. The number of benzene rings is 1. The Balaban J connectivity index is 1.73. The van der Waals surface area contributed by atoms with E-state index in [2.05, 4.69) is 16.0 Å². The molecule has 1 aromatic carbocycles. The van der Waals surface area contributed by atoms with E-state index in [4.69, 9.17) is 5.73 Å². The van der Waals surface area contributed by atoms with Crippen molar-refractivity contribution in [3.63, 3.8) is 0 Å². The smallest absolute Gasteiger partial charge is 0.247 e. The Morgan fingerprint density at radius 3 is 2.42 bits per heavy atom. The third kappa shape index (κ3) is 5.88. The number of nitrogens with two attached hydrogens (primary N) is 1. The summed E-state index contributed by atoms with van der Waals surface area (Å²) in [4.78, 5) is 51.8. The van der Waals surface area contributed by atoms with E-state index in [1.165, 1.54) is 6.92 Å². The van der Waals surface area contributed by atoms with Crippen molar-refractivity contribution in [2.45, 2.75) is 56.8 Å². The van der Waals surface area contributed by atoms with Crippen LogP contribution in [0.5, 0.6) is 0 Å². The zero-order valence-corrected chi connectivity index (χ0v) is 18.8. The molecule has 3 rings (SSSR count). The van der Waals surface area contributed by atoms with Gasteiger partial charge in [0.15, 0.2) is 0 Å². The Morgan fingerprint density at radius 2 is 1.76 bits per heavy atom. The Morgan fingerprint density at radius 1 is 1.09 bits per heavy atom. The monoisotopic (exact) mass is 459 g/mol. The number of aliphatic hydroxyl groups excluding tert-OH is 1. The van der Waals surface area contributed by atoms with Crippen molar-refractivity contribution in [3.05, 3.63) is 35.9 Å². The fourth-order valence-corrected chi connectivity index (χ4v) is 4.63. The number of aliphatic hydroxyl groups is 1. The minimum absolute atomic E-state index is 0.0995. The molecule has 0 unspecified atom stereocenters. The molecule has 180 valence electrons. The highest BCUT2D eigenvalue weighted by Crippen LogP contribution is 2.33. The lowest BCUT2D eigenvalue weighted by Crippen LogP contribution is -2.55. The summed E-state index contributed by atoms with van der Waals surface area (Å²) in [7, 11) is 0.